The van der Waals surface area contributed by atoms with Crippen molar-refractivity contribution in [3.63, 3.8) is 0 Å². The number of unbranched alkanes of at least 4 members (excludes halogenated alkanes) is 2. The quantitative estimate of drug-likeness (QED) is 0.505. The highest BCUT2D eigenvalue weighted by Crippen LogP contribution is 2.26. The second-order valence-electron chi connectivity index (χ2n) is 4.68. The van der Waals surface area contributed by atoms with Crippen LogP contribution in [0.15, 0.2) is 11.8 Å². The molecule has 1 nitrogen and oxygen atoms in total. The van der Waals surface area contributed by atoms with Crippen LogP contribution in [0.4, 0.5) is 0 Å². The minimum Gasteiger partial charge on any atom is -0.411 e. The summed E-state index contributed by atoms with van der Waals surface area (Å²) in [6.07, 6.45) is 9.31. The third-order valence-corrected chi connectivity index (χ3v) is 6.18. The molecule has 2 heteroatoms. The van der Waals surface area contributed by atoms with Crippen molar-refractivity contribution in [1.29, 1.82) is 0 Å². The van der Waals surface area contributed by atoms with Crippen molar-refractivity contribution in [2.45, 2.75) is 64.6 Å². The van der Waals surface area contributed by atoms with Crippen molar-refractivity contribution in [2.75, 3.05) is 0 Å². The largest absolute Gasteiger partial charge is 0.411 e. The van der Waals surface area contributed by atoms with E-state index in [1.807, 2.05) is 0 Å². The molecular weight excluding hydrogens is 188 g/mol. The van der Waals surface area contributed by atoms with E-state index in [1.165, 1.54) is 38.1 Å². The Morgan fingerprint density at radius 3 is 2.93 bits per heavy atom. The predicted molar refractivity (Wildman–Crippen MR) is 64.9 cm³/mol. The van der Waals surface area contributed by atoms with Crippen molar-refractivity contribution in [2.24, 2.45) is 0 Å². The first-order valence-electron chi connectivity index (χ1n) is 6.02. The first-order valence-corrected chi connectivity index (χ1v) is 8.71. The summed E-state index contributed by atoms with van der Waals surface area (Å²) in [5, 5.41) is 0. The molecule has 1 aliphatic rings. The van der Waals surface area contributed by atoms with Crippen LogP contribution in [-0.2, 0) is 4.43 Å². The molecule has 1 saturated heterocycles. The van der Waals surface area contributed by atoms with Crippen LogP contribution >= 0.6 is 0 Å². The molecule has 0 aromatic heterocycles. The van der Waals surface area contributed by atoms with Gasteiger partial charge in [0.1, 0.15) is 0 Å². The van der Waals surface area contributed by atoms with Gasteiger partial charge in [-0.1, -0.05) is 38.0 Å². The third kappa shape index (κ3) is 3.97. The average Bonchev–Trinajstić information content (AvgIpc) is 2.12. The van der Waals surface area contributed by atoms with Crippen LogP contribution in [-0.4, -0.2) is 14.4 Å². The lowest BCUT2D eigenvalue weighted by Gasteiger charge is -2.33. The fraction of sp³-hybridized carbons (Fsp3) is 0.833. The van der Waals surface area contributed by atoms with E-state index in [4.69, 9.17) is 4.43 Å². The van der Waals surface area contributed by atoms with Crippen LogP contribution in [0.5, 0.6) is 0 Å². The first-order chi connectivity index (χ1) is 6.66. The van der Waals surface area contributed by atoms with Crippen LogP contribution < -0.4 is 0 Å². The van der Waals surface area contributed by atoms with Crippen LogP contribution in [0.1, 0.15) is 46.0 Å². The molecule has 82 valence electrons. The van der Waals surface area contributed by atoms with Crippen molar-refractivity contribution in [3.8, 4) is 0 Å². The maximum atomic E-state index is 6.11. The van der Waals surface area contributed by atoms with E-state index < -0.39 is 8.32 Å². The molecule has 0 aliphatic carbocycles. The smallest absolute Gasteiger partial charge is 0.214 e. The van der Waals surface area contributed by atoms with E-state index in [0.717, 1.165) is 0 Å². The van der Waals surface area contributed by atoms with Gasteiger partial charge < -0.3 is 4.43 Å². The second kappa shape index (κ2) is 5.71. The van der Waals surface area contributed by atoms with Crippen LogP contribution in [0.2, 0.25) is 12.6 Å². The monoisotopic (exact) mass is 212 g/mol. The first kappa shape index (κ1) is 12.0. The van der Waals surface area contributed by atoms with Gasteiger partial charge in [0.15, 0.2) is 0 Å². The summed E-state index contributed by atoms with van der Waals surface area (Å²) in [6, 6.07) is 1.32. The molecule has 2 atom stereocenters. The number of allylic oxidation sites excluding steroid dienone is 1. The summed E-state index contributed by atoms with van der Waals surface area (Å²) in [5.41, 5.74) is 2.42. The summed E-state index contributed by atoms with van der Waals surface area (Å²) in [6.45, 7) is 6.81. The van der Waals surface area contributed by atoms with E-state index in [1.54, 1.807) is 0 Å². The highest BCUT2D eigenvalue weighted by atomic mass is 28.4. The van der Waals surface area contributed by atoms with Crippen LogP contribution in [0.3, 0.4) is 0 Å². The van der Waals surface area contributed by atoms with Gasteiger partial charge in [-0.25, -0.2) is 0 Å². The highest BCUT2D eigenvalue weighted by molar-refractivity contribution is 6.77. The fourth-order valence-corrected chi connectivity index (χ4v) is 5.07. The van der Waals surface area contributed by atoms with Crippen molar-refractivity contribution >= 4 is 8.32 Å². The zero-order chi connectivity index (χ0) is 10.4. The molecule has 0 saturated carbocycles. The number of hydrogen-bond donors (Lipinski definition) is 0. The molecule has 0 N–H and O–H groups in total. The van der Waals surface area contributed by atoms with E-state index in [-0.39, 0.29) is 0 Å². The molecule has 1 heterocycles. The van der Waals surface area contributed by atoms with Gasteiger partial charge in [0, 0.05) is 6.10 Å². The van der Waals surface area contributed by atoms with E-state index in [0.29, 0.717) is 6.10 Å². The van der Waals surface area contributed by atoms with E-state index >= 15 is 0 Å². The molecule has 0 amide bonds. The molecule has 0 spiro atoms. The molecule has 2 unspecified atom stereocenters. The number of rotatable bonds is 4. The molecule has 1 fully saturated rings. The lowest BCUT2D eigenvalue weighted by molar-refractivity contribution is 0.182. The van der Waals surface area contributed by atoms with E-state index in [9.17, 15) is 0 Å². The van der Waals surface area contributed by atoms with Gasteiger partial charge in [0.2, 0.25) is 8.32 Å². The summed E-state index contributed by atoms with van der Waals surface area (Å²) in [4.78, 5) is 0. The standard InChI is InChI=1S/C12H24OSi/c1-4-5-6-7-10-14(3)11-8-9-12(2)13-14/h7,10,12H,4-6,8-9,11H2,1-3H3. The van der Waals surface area contributed by atoms with Crippen molar-refractivity contribution in [3.05, 3.63) is 11.8 Å². The van der Waals surface area contributed by atoms with Crippen LogP contribution in [0, 0.1) is 0 Å². The van der Waals surface area contributed by atoms with Crippen molar-refractivity contribution < 1.29 is 4.43 Å². The Morgan fingerprint density at radius 2 is 2.29 bits per heavy atom. The van der Waals surface area contributed by atoms with E-state index in [2.05, 4.69) is 32.2 Å². The highest BCUT2D eigenvalue weighted by Gasteiger charge is 2.31. The average molecular weight is 212 g/mol. The summed E-state index contributed by atoms with van der Waals surface area (Å²) in [7, 11) is -1.43. The lowest BCUT2D eigenvalue weighted by Crippen LogP contribution is -2.39. The lowest BCUT2D eigenvalue weighted by atomic mass is 10.2. The third-order valence-electron chi connectivity index (χ3n) is 2.95. The SMILES string of the molecule is CCCCC=C[Si]1(C)CCCC(C)O1. The molecule has 14 heavy (non-hydrogen) atoms. The molecule has 1 rings (SSSR count). The zero-order valence-electron chi connectivity index (χ0n) is 9.88. The molecule has 0 radical (unpaired) electrons. The summed E-state index contributed by atoms with van der Waals surface area (Å²) in [5.74, 6) is 0. The van der Waals surface area contributed by atoms with Gasteiger partial charge >= 0.3 is 0 Å². The topological polar surface area (TPSA) is 9.23 Å². The minimum atomic E-state index is -1.43. The zero-order valence-corrected chi connectivity index (χ0v) is 10.9. The Balaban J connectivity index is 2.36. The Labute approximate surface area is 89.7 Å². The predicted octanol–water partition coefficient (Wildman–Crippen LogP) is 4.05. The fourth-order valence-electron chi connectivity index (χ4n) is 2.10. The molecule has 0 bridgehead atoms. The van der Waals surface area contributed by atoms with Gasteiger partial charge in [0.25, 0.3) is 0 Å². The maximum absolute atomic E-state index is 6.11. The second-order valence-corrected chi connectivity index (χ2v) is 8.37. The normalized spacial score (nSPS) is 33.8. The van der Waals surface area contributed by atoms with Gasteiger partial charge in [-0.15, -0.1) is 0 Å². The maximum Gasteiger partial charge on any atom is 0.214 e. The summed E-state index contributed by atoms with van der Waals surface area (Å²) < 4.78 is 6.11. The molecule has 0 aromatic rings. The Morgan fingerprint density at radius 1 is 1.50 bits per heavy atom. The van der Waals surface area contributed by atoms with Gasteiger partial charge in [-0.05, 0) is 32.4 Å². The van der Waals surface area contributed by atoms with Gasteiger partial charge in [-0.2, -0.15) is 0 Å². The molecule has 0 aromatic carbocycles. The van der Waals surface area contributed by atoms with Gasteiger partial charge in [-0.3, -0.25) is 0 Å². The summed E-state index contributed by atoms with van der Waals surface area (Å²) >= 11 is 0. The molecule has 1 aliphatic heterocycles. The Kier molecular flexibility index (Phi) is 4.89. The Hall–Kier alpha value is -0.0831. The van der Waals surface area contributed by atoms with Crippen LogP contribution in [0.25, 0.3) is 0 Å². The number of hydrogen-bond acceptors (Lipinski definition) is 1. The van der Waals surface area contributed by atoms with Gasteiger partial charge in [0.05, 0.1) is 0 Å². The minimum absolute atomic E-state index is 0.497. The molecular formula is C12H24OSi. The Bertz CT molecular complexity index is 191. The van der Waals surface area contributed by atoms with Crippen molar-refractivity contribution in [1.82, 2.24) is 0 Å².